The summed E-state index contributed by atoms with van der Waals surface area (Å²) in [5.41, 5.74) is 6.51. The molecule has 0 aliphatic carbocycles. The summed E-state index contributed by atoms with van der Waals surface area (Å²) < 4.78 is 0. The number of nitrogens with two attached hydrogens (primary N) is 1. The highest BCUT2D eigenvalue weighted by molar-refractivity contribution is 5.75. The van der Waals surface area contributed by atoms with Crippen molar-refractivity contribution in [2.45, 2.75) is 0 Å². The Morgan fingerprint density at radius 2 is 2.71 bits per heavy atom. The van der Waals surface area contributed by atoms with Gasteiger partial charge >= 0.3 is 0 Å². The molecule has 0 saturated carbocycles. The Kier molecular flexibility index (Phi) is 1.22. The van der Waals surface area contributed by atoms with Crippen LogP contribution in [0.25, 0.3) is 0 Å². The van der Waals surface area contributed by atoms with E-state index in [-0.39, 0.29) is 0 Å². The monoisotopic (exact) mass is 96.1 g/mol. The molecule has 0 atom stereocenters. The van der Waals surface area contributed by atoms with Crippen LogP contribution in [-0.2, 0) is 0 Å². The molecular formula is C5H8N2. The smallest absolute Gasteiger partial charge is 0.0615 e. The van der Waals surface area contributed by atoms with E-state index in [0.717, 1.165) is 6.54 Å². The molecule has 1 aliphatic heterocycles. The van der Waals surface area contributed by atoms with E-state index in [2.05, 4.69) is 4.99 Å². The minimum absolute atomic E-state index is 0.653. The second-order valence-electron chi connectivity index (χ2n) is 1.52. The first-order valence-electron chi connectivity index (χ1n) is 2.31. The number of rotatable bonds is 1. The Balaban J connectivity index is 2.45. The topological polar surface area (TPSA) is 38.4 Å². The van der Waals surface area contributed by atoms with Gasteiger partial charge < -0.3 is 5.73 Å². The summed E-state index contributed by atoms with van der Waals surface area (Å²) >= 11 is 0. The molecule has 0 aromatic carbocycles. The summed E-state index contributed by atoms with van der Waals surface area (Å²) in [6.07, 6.45) is 3.75. The van der Waals surface area contributed by atoms with Crippen LogP contribution in [0.3, 0.4) is 0 Å². The molecule has 2 nitrogen and oxygen atoms in total. The zero-order valence-corrected chi connectivity index (χ0v) is 4.09. The molecule has 2 N–H and O–H groups in total. The Bertz CT molecular complexity index is 113. The van der Waals surface area contributed by atoms with Crippen molar-refractivity contribution in [1.82, 2.24) is 0 Å². The van der Waals surface area contributed by atoms with E-state index < -0.39 is 0 Å². The lowest BCUT2D eigenvalue weighted by Gasteiger charge is -1.88. The van der Waals surface area contributed by atoms with Crippen molar-refractivity contribution in [2.75, 3.05) is 13.1 Å². The van der Waals surface area contributed by atoms with Crippen LogP contribution in [0.1, 0.15) is 0 Å². The first-order chi connectivity index (χ1) is 3.43. The highest BCUT2D eigenvalue weighted by Gasteiger charge is 1.93. The molecule has 0 spiro atoms. The van der Waals surface area contributed by atoms with Crippen molar-refractivity contribution in [1.29, 1.82) is 0 Å². The fourth-order valence-corrected chi connectivity index (χ4v) is 0.513. The van der Waals surface area contributed by atoms with E-state index in [0.29, 0.717) is 6.54 Å². The number of hydrogen-bond acceptors (Lipinski definition) is 2. The van der Waals surface area contributed by atoms with Gasteiger partial charge in [0.1, 0.15) is 0 Å². The second-order valence-corrected chi connectivity index (χ2v) is 1.52. The average Bonchev–Trinajstić information content (AvgIpc) is 2.14. The van der Waals surface area contributed by atoms with Crippen molar-refractivity contribution in [3.63, 3.8) is 0 Å². The van der Waals surface area contributed by atoms with E-state index in [1.165, 1.54) is 5.57 Å². The summed E-state index contributed by atoms with van der Waals surface area (Å²) in [5.74, 6) is 0. The molecule has 0 saturated heterocycles. The Hall–Kier alpha value is -0.630. The van der Waals surface area contributed by atoms with Gasteiger partial charge in [-0.25, -0.2) is 0 Å². The maximum absolute atomic E-state index is 5.29. The maximum atomic E-state index is 5.29. The molecule has 1 heterocycles. The van der Waals surface area contributed by atoms with Crippen LogP contribution in [-0.4, -0.2) is 19.3 Å². The highest BCUT2D eigenvalue weighted by atomic mass is 14.7. The zero-order valence-electron chi connectivity index (χ0n) is 4.09. The van der Waals surface area contributed by atoms with Crippen LogP contribution in [0.15, 0.2) is 16.6 Å². The molecule has 0 unspecified atom stereocenters. The van der Waals surface area contributed by atoms with Gasteiger partial charge in [-0.1, -0.05) is 0 Å². The van der Waals surface area contributed by atoms with Crippen molar-refractivity contribution >= 4 is 6.21 Å². The van der Waals surface area contributed by atoms with Gasteiger partial charge in [-0.15, -0.1) is 0 Å². The van der Waals surface area contributed by atoms with Crippen LogP contribution in [0.4, 0.5) is 0 Å². The van der Waals surface area contributed by atoms with Gasteiger partial charge in [0.25, 0.3) is 0 Å². The summed E-state index contributed by atoms with van der Waals surface area (Å²) in [5, 5.41) is 0. The van der Waals surface area contributed by atoms with Gasteiger partial charge in [-0.2, -0.15) is 0 Å². The van der Waals surface area contributed by atoms with Crippen molar-refractivity contribution in [3.8, 4) is 0 Å². The third-order valence-corrected chi connectivity index (χ3v) is 0.972. The van der Waals surface area contributed by atoms with Gasteiger partial charge in [0.15, 0.2) is 0 Å². The standard InChI is InChI=1S/C5H8N2/c6-3-5-1-2-7-4-5/h1-2H,3-4,6H2. The van der Waals surface area contributed by atoms with Gasteiger partial charge in [0, 0.05) is 12.8 Å². The minimum Gasteiger partial charge on any atom is -0.327 e. The molecule has 0 radical (unpaired) electrons. The van der Waals surface area contributed by atoms with E-state index in [9.17, 15) is 0 Å². The maximum Gasteiger partial charge on any atom is 0.0615 e. The predicted molar refractivity (Wildman–Crippen MR) is 30.5 cm³/mol. The van der Waals surface area contributed by atoms with E-state index in [4.69, 9.17) is 5.73 Å². The fraction of sp³-hybridized carbons (Fsp3) is 0.400. The van der Waals surface area contributed by atoms with E-state index in [1.54, 1.807) is 6.21 Å². The normalized spacial score (nSPS) is 17.6. The molecule has 0 aromatic rings. The lowest BCUT2D eigenvalue weighted by Crippen LogP contribution is -2.02. The van der Waals surface area contributed by atoms with Crippen LogP contribution in [0.5, 0.6) is 0 Å². The molecule has 2 heteroatoms. The molecule has 0 bridgehead atoms. The second kappa shape index (κ2) is 1.89. The van der Waals surface area contributed by atoms with Gasteiger partial charge in [0.2, 0.25) is 0 Å². The quantitative estimate of drug-likeness (QED) is 0.488. The zero-order chi connectivity index (χ0) is 5.11. The van der Waals surface area contributed by atoms with Gasteiger partial charge in [-0.05, 0) is 11.6 Å². The summed E-state index contributed by atoms with van der Waals surface area (Å²) in [6, 6.07) is 0. The lowest BCUT2D eigenvalue weighted by molar-refractivity contribution is 1.07. The predicted octanol–water partition coefficient (Wildman–Crippen LogP) is -0.0441. The Morgan fingerprint density at radius 1 is 1.86 bits per heavy atom. The number of aliphatic imine (C=N–C) groups is 1. The van der Waals surface area contributed by atoms with Crippen LogP contribution in [0, 0.1) is 0 Å². The molecule has 0 fully saturated rings. The minimum atomic E-state index is 0.653. The van der Waals surface area contributed by atoms with Crippen LogP contribution in [0.2, 0.25) is 0 Å². The Morgan fingerprint density at radius 3 is 3.00 bits per heavy atom. The molecular weight excluding hydrogens is 88.1 g/mol. The number of nitrogens with zero attached hydrogens (tertiary/aromatic N) is 1. The van der Waals surface area contributed by atoms with Crippen LogP contribution >= 0.6 is 0 Å². The lowest BCUT2D eigenvalue weighted by atomic mass is 10.3. The first-order valence-corrected chi connectivity index (χ1v) is 2.31. The first kappa shape index (κ1) is 4.53. The summed E-state index contributed by atoms with van der Waals surface area (Å²) in [6.45, 7) is 1.47. The molecule has 38 valence electrons. The van der Waals surface area contributed by atoms with E-state index >= 15 is 0 Å². The van der Waals surface area contributed by atoms with E-state index in [1.807, 2.05) is 6.08 Å². The molecule has 7 heavy (non-hydrogen) atoms. The Labute approximate surface area is 42.7 Å². The third kappa shape index (κ3) is 0.871. The number of hydrogen-bond donors (Lipinski definition) is 1. The van der Waals surface area contributed by atoms with Gasteiger partial charge in [-0.3, -0.25) is 4.99 Å². The molecule has 0 aromatic heterocycles. The van der Waals surface area contributed by atoms with Crippen LogP contribution < -0.4 is 5.73 Å². The van der Waals surface area contributed by atoms with Crippen molar-refractivity contribution in [3.05, 3.63) is 11.6 Å². The van der Waals surface area contributed by atoms with Gasteiger partial charge in [0.05, 0.1) is 6.54 Å². The number of allylic oxidation sites excluding steroid dienone is 1. The SMILES string of the molecule is NCC1=CC=NC1. The highest BCUT2D eigenvalue weighted by Crippen LogP contribution is 1.95. The third-order valence-electron chi connectivity index (χ3n) is 0.972. The summed E-state index contributed by atoms with van der Waals surface area (Å²) in [7, 11) is 0. The van der Waals surface area contributed by atoms with Crippen molar-refractivity contribution in [2.24, 2.45) is 10.7 Å². The molecule has 0 amide bonds. The largest absolute Gasteiger partial charge is 0.327 e. The molecule has 1 aliphatic rings. The summed E-state index contributed by atoms with van der Waals surface area (Å²) in [4.78, 5) is 3.94. The fourth-order valence-electron chi connectivity index (χ4n) is 0.513. The molecule has 1 rings (SSSR count). The van der Waals surface area contributed by atoms with Crippen molar-refractivity contribution < 1.29 is 0 Å². The average molecular weight is 96.1 g/mol.